The van der Waals surface area contributed by atoms with Gasteiger partial charge in [-0.05, 0) is 121 Å². The van der Waals surface area contributed by atoms with Gasteiger partial charge in [-0.2, -0.15) is 0 Å². The standard InChI is InChI=1S/C43H43ClFN3O4/c1-29-5-6-30(2)40(23-29)51-38-14-15-41(46-27-38)52-43-32(4)25-33(26-39(43)44)8-16-42(49)48-20-18-47(19-21-48)28-34-7-9-35(31(3)24-34)17-22-50-37-12-10-36(45)11-13-37/h5-16,23-27H,17-22,28H2,1-4H3/b16-8+. The number of carbonyl (C=O) groups excluding carboxylic acids is 1. The van der Waals surface area contributed by atoms with Gasteiger partial charge in [0.1, 0.15) is 23.1 Å². The van der Waals surface area contributed by atoms with Crippen LogP contribution in [0.1, 0.15) is 38.9 Å². The maximum Gasteiger partial charge on any atom is 0.246 e. The molecule has 52 heavy (non-hydrogen) atoms. The van der Waals surface area contributed by atoms with E-state index in [4.69, 9.17) is 25.8 Å². The Hall–Kier alpha value is -5.18. The van der Waals surface area contributed by atoms with Crippen molar-refractivity contribution in [3.8, 4) is 28.9 Å². The summed E-state index contributed by atoms with van der Waals surface area (Å²) >= 11 is 6.64. The third-order valence-electron chi connectivity index (χ3n) is 9.11. The molecule has 0 aliphatic carbocycles. The van der Waals surface area contributed by atoms with Gasteiger partial charge in [0.2, 0.25) is 11.8 Å². The molecule has 6 rings (SSSR count). The smallest absolute Gasteiger partial charge is 0.246 e. The average molecular weight is 720 g/mol. The number of hydrogen-bond acceptors (Lipinski definition) is 6. The number of ether oxygens (including phenoxy) is 3. The summed E-state index contributed by atoms with van der Waals surface area (Å²) in [5.41, 5.74) is 7.50. The van der Waals surface area contributed by atoms with Crippen molar-refractivity contribution in [1.29, 1.82) is 0 Å². The molecule has 7 nitrogen and oxygen atoms in total. The van der Waals surface area contributed by atoms with Crippen molar-refractivity contribution in [2.45, 2.75) is 40.7 Å². The van der Waals surface area contributed by atoms with E-state index in [1.807, 2.05) is 56.0 Å². The topological polar surface area (TPSA) is 64.1 Å². The van der Waals surface area contributed by atoms with Gasteiger partial charge in [-0.15, -0.1) is 0 Å². The van der Waals surface area contributed by atoms with Gasteiger partial charge < -0.3 is 19.1 Å². The molecule has 0 radical (unpaired) electrons. The van der Waals surface area contributed by atoms with Gasteiger partial charge in [0.15, 0.2) is 5.75 Å². The fourth-order valence-electron chi connectivity index (χ4n) is 6.12. The molecule has 0 N–H and O–H groups in total. The van der Waals surface area contributed by atoms with Crippen LogP contribution in [0.3, 0.4) is 0 Å². The summed E-state index contributed by atoms with van der Waals surface area (Å²) in [6.07, 6.45) is 5.81. The number of nitrogens with zero attached hydrogens (tertiary/aromatic N) is 3. The van der Waals surface area contributed by atoms with Crippen molar-refractivity contribution in [2.75, 3.05) is 32.8 Å². The predicted molar refractivity (Wildman–Crippen MR) is 204 cm³/mol. The first kappa shape index (κ1) is 36.6. The van der Waals surface area contributed by atoms with Crippen molar-refractivity contribution in [1.82, 2.24) is 14.8 Å². The monoisotopic (exact) mass is 719 g/mol. The highest BCUT2D eigenvalue weighted by Crippen LogP contribution is 2.34. The number of amides is 1. The zero-order valence-electron chi connectivity index (χ0n) is 30.0. The Labute approximate surface area is 310 Å². The molecule has 5 aromatic rings. The number of aromatic nitrogens is 1. The van der Waals surface area contributed by atoms with E-state index in [0.29, 0.717) is 47.8 Å². The molecule has 0 atom stereocenters. The van der Waals surface area contributed by atoms with E-state index >= 15 is 0 Å². The van der Waals surface area contributed by atoms with E-state index in [1.165, 1.54) is 28.8 Å². The summed E-state index contributed by atoms with van der Waals surface area (Å²) in [7, 11) is 0. The van der Waals surface area contributed by atoms with Gasteiger partial charge in [-0.3, -0.25) is 9.69 Å². The Morgan fingerprint density at radius 1 is 0.827 bits per heavy atom. The molecular weight excluding hydrogens is 677 g/mol. The number of pyridine rings is 1. The Kier molecular flexibility index (Phi) is 11.9. The van der Waals surface area contributed by atoms with Crippen molar-refractivity contribution in [3.63, 3.8) is 0 Å². The number of rotatable bonds is 12. The molecule has 0 bridgehead atoms. The minimum atomic E-state index is -0.271. The summed E-state index contributed by atoms with van der Waals surface area (Å²) in [6.45, 7) is 12.3. The second-order valence-electron chi connectivity index (χ2n) is 13.2. The third kappa shape index (κ3) is 9.78. The Morgan fingerprint density at radius 2 is 1.60 bits per heavy atom. The highest BCUT2D eigenvalue weighted by atomic mass is 35.5. The maximum atomic E-state index is 13.1. The van der Waals surface area contributed by atoms with Crippen LogP contribution in [-0.2, 0) is 17.8 Å². The minimum absolute atomic E-state index is 0.0239. The Balaban J connectivity index is 0.961. The van der Waals surface area contributed by atoms with Gasteiger partial charge in [-0.1, -0.05) is 41.9 Å². The van der Waals surface area contributed by atoms with Crippen LogP contribution in [-0.4, -0.2) is 53.5 Å². The molecule has 1 aromatic heterocycles. The van der Waals surface area contributed by atoms with Crippen molar-refractivity contribution >= 4 is 23.6 Å². The summed E-state index contributed by atoms with van der Waals surface area (Å²) in [5, 5.41) is 0.430. The van der Waals surface area contributed by atoms with Gasteiger partial charge in [0.05, 0.1) is 17.8 Å². The minimum Gasteiger partial charge on any atom is -0.493 e. The Bertz CT molecular complexity index is 2020. The lowest BCUT2D eigenvalue weighted by molar-refractivity contribution is -0.127. The van der Waals surface area contributed by atoms with Crippen molar-refractivity contribution in [2.24, 2.45) is 0 Å². The summed E-state index contributed by atoms with van der Waals surface area (Å²) in [5.74, 6) is 2.68. The highest BCUT2D eigenvalue weighted by Gasteiger charge is 2.20. The molecule has 1 aliphatic heterocycles. The van der Waals surface area contributed by atoms with Crippen LogP contribution in [0.5, 0.6) is 28.9 Å². The van der Waals surface area contributed by atoms with E-state index in [1.54, 1.807) is 42.6 Å². The fourth-order valence-corrected chi connectivity index (χ4v) is 6.44. The van der Waals surface area contributed by atoms with Crippen LogP contribution in [0.2, 0.25) is 5.02 Å². The lowest BCUT2D eigenvalue weighted by Crippen LogP contribution is -2.47. The zero-order chi connectivity index (χ0) is 36.6. The first-order chi connectivity index (χ1) is 25.1. The first-order valence-corrected chi connectivity index (χ1v) is 17.8. The first-order valence-electron chi connectivity index (χ1n) is 17.4. The van der Waals surface area contributed by atoms with E-state index in [-0.39, 0.29) is 11.7 Å². The van der Waals surface area contributed by atoms with E-state index in [2.05, 4.69) is 35.0 Å². The number of piperazine rings is 1. The molecule has 268 valence electrons. The molecule has 0 unspecified atom stereocenters. The number of halogens is 2. The third-order valence-corrected chi connectivity index (χ3v) is 9.39. The normalized spacial score (nSPS) is 13.4. The lowest BCUT2D eigenvalue weighted by atomic mass is 10.0. The van der Waals surface area contributed by atoms with E-state index in [9.17, 15) is 9.18 Å². The largest absolute Gasteiger partial charge is 0.493 e. The van der Waals surface area contributed by atoms with Crippen molar-refractivity contribution in [3.05, 3.63) is 147 Å². The Morgan fingerprint density at radius 3 is 2.31 bits per heavy atom. The lowest BCUT2D eigenvalue weighted by Gasteiger charge is -2.34. The van der Waals surface area contributed by atoms with E-state index < -0.39 is 0 Å². The average Bonchev–Trinajstić information content (AvgIpc) is 3.13. The SMILES string of the molecule is Cc1ccc(C)c(Oc2ccc(Oc3c(C)cc(/C=C/C(=O)N4CCN(Cc5ccc(CCOc6ccc(F)cc6)c(C)c5)CC4)cc3Cl)nc2)c1. The highest BCUT2D eigenvalue weighted by molar-refractivity contribution is 6.32. The van der Waals surface area contributed by atoms with Crippen molar-refractivity contribution < 1.29 is 23.4 Å². The molecule has 0 saturated carbocycles. The zero-order valence-corrected chi connectivity index (χ0v) is 30.8. The number of aryl methyl sites for hydroxylation is 4. The summed E-state index contributed by atoms with van der Waals surface area (Å²) in [4.78, 5) is 21.8. The van der Waals surface area contributed by atoms with Gasteiger partial charge >= 0.3 is 0 Å². The van der Waals surface area contributed by atoms with Crippen LogP contribution < -0.4 is 14.2 Å². The molecule has 1 fully saturated rings. The molecule has 1 aliphatic rings. The second kappa shape index (κ2) is 16.9. The molecule has 2 heterocycles. The van der Waals surface area contributed by atoms with Gasteiger partial charge in [-0.25, -0.2) is 9.37 Å². The number of hydrogen-bond donors (Lipinski definition) is 0. The molecule has 1 amide bonds. The number of carbonyl (C=O) groups is 1. The maximum absolute atomic E-state index is 13.1. The van der Waals surface area contributed by atoms with Crippen LogP contribution in [0.4, 0.5) is 4.39 Å². The second-order valence-corrected chi connectivity index (χ2v) is 13.6. The van der Waals surface area contributed by atoms with Crippen LogP contribution in [0.25, 0.3) is 6.08 Å². The fraction of sp³-hybridized carbons (Fsp3) is 0.256. The molecule has 9 heteroatoms. The predicted octanol–water partition coefficient (Wildman–Crippen LogP) is 9.67. The quantitative estimate of drug-likeness (QED) is 0.120. The van der Waals surface area contributed by atoms with E-state index in [0.717, 1.165) is 54.1 Å². The molecule has 1 saturated heterocycles. The van der Waals surface area contributed by atoms with Gasteiger partial charge in [0, 0.05) is 51.3 Å². The molecular formula is C43H43ClFN3O4. The summed E-state index contributed by atoms with van der Waals surface area (Å²) in [6, 6.07) is 26.0. The van der Waals surface area contributed by atoms with Crippen LogP contribution in [0, 0.1) is 33.5 Å². The van der Waals surface area contributed by atoms with Crippen LogP contribution >= 0.6 is 11.6 Å². The number of benzene rings is 4. The molecule has 4 aromatic carbocycles. The summed E-state index contributed by atoms with van der Waals surface area (Å²) < 4.78 is 31.0. The van der Waals surface area contributed by atoms with Gasteiger partial charge in [0.25, 0.3) is 0 Å². The molecule has 0 spiro atoms. The van der Waals surface area contributed by atoms with Crippen LogP contribution in [0.15, 0.2) is 97.2 Å².